The van der Waals surface area contributed by atoms with Crippen molar-refractivity contribution in [3.63, 3.8) is 0 Å². The molecular formula is C10H8BrNO2. The van der Waals surface area contributed by atoms with Crippen LogP contribution in [0.15, 0.2) is 39.5 Å². The molecular weight excluding hydrogens is 246 g/mol. The number of oxazole rings is 1. The maximum atomic E-state index is 5.35. The zero-order chi connectivity index (χ0) is 9.97. The fourth-order valence-corrected chi connectivity index (χ4v) is 1.23. The number of rotatable bonds is 2. The van der Waals surface area contributed by atoms with Crippen LogP contribution in [0.3, 0.4) is 0 Å². The van der Waals surface area contributed by atoms with Crippen molar-refractivity contribution >= 4 is 15.9 Å². The lowest BCUT2D eigenvalue weighted by molar-refractivity contribution is 0.330. The van der Waals surface area contributed by atoms with E-state index in [1.54, 1.807) is 0 Å². The minimum absolute atomic E-state index is 0.237. The monoisotopic (exact) mass is 253 g/mol. The van der Waals surface area contributed by atoms with Crippen LogP contribution in [0.1, 0.15) is 5.56 Å². The lowest BCUT2D eigenvalue weighted by Crippen LogP contribution is -1.83. The molecule has 0 saturated carbocycles. The van der Waals surface area contributed by atoms with Crippen molar-refractivity contribution in [2.45, 2.75) is 6.92 Å². The number of benzene rings is 1. The Bertz CT molecular complexity index is 422. The molecule has 0 saturated heterocycles. The second kappa shape index (κ2) is 3.84. The van der Waals surface area contributed by atoms with E-state index in [9.17, 15) is 0 Å². The Morgan fingerprint density at radius 2 is 2.00 bits per heavy atom. The Balaban J connectivity index is 2.15. The minimum atomic E-state index is 0.237. The smallest absolute Gasteiger partial charge is 0.400 e. The molecule has 0 atom stereocenters. The predicted octanol–water partition coefficient (Wildman–Crippen LogP) is 3.54. The zero-order valence-corrected chi connectivity index (χ0v) is 9.11. The van der Waals surface area contributed by atoms with E-state index >= 15 is 0 Å². The summed E-state index contributed by atoms with van der Waals surface area (Å²) in [5.74, 6) is 0.713. The zero-order valence-electron chi connectivity index (χ0n) is 7.53. The Morgan fingerprint density at radius 3 is 2.57 bits per heavy atom. The first kappa shape index (κ1) is 9.27. The largest absolute Gasteiger partial charge is 0.416 e. The summed E-state index contributed by atoms with van der Waals surface area (Å²) in [5, 5.41) is 0. The van der Waals surface area contributed by atoms with Crippen LogP contribution in [0.5, 0.6) is 11.8 Å². The lowest BCUT2D eigenvalue weighted by Gasteiger charge is -1.99. The molecule has 0 amide bonds. The third-order valence-corrected chi connectivity index (χ3v) is 2.05. The van der Waals surface area contributed by atoms with Gasteiger partial charge in [-0.05, 0) is 35.0 Å². The number of ether oxygens (including phenoxy) is 1. The average molecular weight is 254 g/mol. The van der Waals surface area contributed by atoms with Crippen LogP contribution in [0, 0.1) is 6.92 Å². The maximum Gasteiger partial charge on any atom is 0.400 e. The van der Waals surface area contributed by atoms with Crippen molar-refractivity contribution < 1.29 is 9.15 Å². The highest BCUT2D eigenvalue weighted by Crippen LogP contribution is 2.22. The number of aromatic nitrogens is 1. The summed E-state index contributed by atoms with van der Waals surface area (Å²) >= 11 is 3.17. The molecule has 0 unspecified atom stereocenters. The van der Waals surface area contributed by atoms with E-state index < -0.39 is 0 Å². The third-order valence-electron chi connectivity index (χ3n) is 1.68. The van der Waals surface area contributed by atoms with Gasteiger partial charge in [-0.15, -0.1) is 0 Å². The number of hydrogen-bond donors (Lipinski definition) is 0. The molecule has 0 aliphatic rings. The second-order valence-electron chi connectivity index (χ2n) is 2.85. The van der Waals surface area contributed by atoms with E-state index in [0.29, 0.717) is 10.4 Å². The summed E-state index contributed by atoms with van der Waals surface area (Å²) in [6.45, 7) is 2.02. The topological polar surface area (TPSA) is 35.3 Å². The maximum absolute atomic E-state index is 5.35. The molecule has 1 aromatic carbocycles. The summed E-state index contributed by atoms with van der Waals surface area (Å²) in [6, 6.07) is 7.67. The van der Waals surface area contributed by atoms with Crippen LogP contribution in [0.2, 0.25) is 0 Å². The van der Waals surface area contributed by atoms with E-state index in [-0.39, 0.29) is 6.08 Å². The van der Waals surface area contributed by atoms with Gasteiger partial charge in [0, 0.05) is 0 Å². The molecule has 4 heteroatoms. The molecule has 0 radical (unpaired) electrons. The molecule has 0 N–H and O–H groups in total. The number of hydrogen-bond acceptors (Lipinski definition) is 3. The first-order chi connectivity index (χ1) is 6.74. The van der Waals surface area contributed by atoms with E-state index in [1.165, 1.54) is 11.8 Å². The molecule has 0 aliphatic carbocycles. The van der Waals surface area contributed by atoms with Gasteiger partial charge in [-0.2, -0.15) is 4.98 Å². The van der Waals surface area contributed by atoms with E-state index in [4.69, 9.17) is 9.15 Å². The predicted molar refractivity (Wildman–Crippen MR) is 55.5 cm³/mol. The first-order valence-electron chi connectivity index (χ1n) is 4.09. The van der Waals surface area contributed by atoms with E-state index in [2.05, 4.69) is 20.9 Å². The van der Waals surface area contributed by atoms with Crippen LogP contribution in [0.25, 0.3) is 0 Å². The summed E-state index contributed by atoms with van der Waals surface area (Å²) in [6.07, 6.45) is 1.71. The van der Waals surface area contributed by atoms with Gasteiger partial charge in [0.25, 0.3) is 0 Å². The van der Waals surface area contributed by atoms with Crippen molar-refractivity contribution in [2.75, 3.05) is 0 Å². The van der Waals surface area contributed by atoms with Gasteiger partial charge in [-0.1, -0.05) is 17.7 Å². The van der Waals surface area contributed by atoms with Crippen LogP contribution in [-0.4, -0.2) is 4.98 Å². The number of nitrogens with zero attached hydrogens (tertiary/aromatic N) is 1. The van der Waals surface area contributed by atoms with Crippen molar-refractivity contribution in [3.05, 3.63) is 40.7 Å². The van der Waals surface area contributed by atoms with Gasteiger partial charge >= 0.3 is 6.08 Å². The Morgan fingerprint density at radius 1 is 1.29 bits per heavy atom. The fourth-order valence-electron chi connectivity index (χ4n) is 0.993. The molecule has 72 valence electrons. The Kier molecular flexibility index (Phi) is 2.54. The summed E-state index contributed by atoms with van der Waals surface area (Å²) in [7, 11) is 0. The van der Waals surface area contributed by atoms with Crippen molar-refractivity contribution in [2.24, 2.45) is 0 Å². The van der Waals surface area contributed by atoms with Crippen molar-refractivity contribution in [1.29, 1.82) is 0 Å². The van der Waals surface area contributed by atoms with Gasteiger partial charge in [0.05, 0.1) is 0 Å². The molecule has 0 bridgehead atoms. The first-order valence-corrected chi connectivity index (χ1v) is 4.89. The van der Waals surface area contributed by atoms with Crippen molar-refractivity contribution in [3.8, 4) is 11.8 Å². The van der Waals surface area contributed by atoms with Gasteiger partial charge < -0.3 is 9.15 Å². The molecule has 2 aromatic rings. The SMILES string of the molecule is Cc1ccc(Oc2nc(Br)co2)cc1. The molecule has 2 rings (SSSR count). The quantitative estimate of drug-likeness (QED) is 0.822. The summed E-state index contributed by atoms with van der Waals surface area (Å²) in [4.78, 5) is 3.96. The van der Waals surface area contributed by atoms with Crippen LogP contribution in [0.4, 0.5) is 0 Å². The molecule has 0 spiro atoms. The van der Waals surface area contributed by atoms with Gasteiger partial charge in [-0.3, -0.25) is 0 Å². The normalized spacial score (nSPS) is 10.1. The second-order valence-corrected chi connectivity index (χ2v) is 3.66. The number of aryl methyl sites for hydroxylation is 1. The van der Waals surface area contributed by atoms with E-state index in [0.717, 1.165) is 0 Å². The number of halogens is 1. The van der Waals surface area contributed by atoms with Crippen LogP contribution in [-0.2, 0) is 0 Å². The molecule has 1 heterocycles. The molecule has 0 aliphatic heterocycles. The van der Waals surface area contributed by atoms with Crippen LogP contribution >= 0.6 is 15.9 Å². The summed E-state index contributed by atoms with van der Waals surface area (Å²) < 4.78 is 11.0. The highest BCUT2D eigenvalue weighted by molar-refractivity contribution is 9.10. The van der Waals surface area contributed by atoms with E-state index in [1.807, 2.05) is 31.2 Å². The Labute approximate surface area is 89.8 Å². The van der Waals surface area contributed by atoms with Gasteiger partial charge in [0.2, 0.25) is 0 Å². The molecule has 3 nitrogen and oxygen atoms in total. The van der Waals surface area contributed by atoms with Gasteiger partial charge in [-0.25, -0.2) is 0 Å². The lowest BCUT2D eigenvalue weighted by atomic mass is 10.2. The average Bonchev–Trinajstić information content (AvgIpc) is 2.56. The third kappa shape index (κ3) is 2.14. The Hall–Kier alpha value is -1.29. The molecule has 0 fully saturated rings. The van der Waals surface area contributed by atoms with Crippen LogP contribution < -0.4 is 4.74 Å². The van der Waals surface area contributed by atoms with Gasteiger partial charge in [0.1, 0.15) is 16.6 Å². The summed E-state index contributed by atoms with van der Waals surface area (Å²) in [5.41, 5.74) is 1.19. The van der Waals surface area contributed by atoms with Gasteiger partial charge in [0.15, 0.2) is 0 Å². The van der Waals surface area contributed by atoms with Crippen molar-refractivity contribution in [1.82, 2.24) is 4.98 Å². The molecule has 1 aromatic heterocycles. The fraction of sp³-hybridized carbons (Fsp3) is 0.100. The molecule has 14 heavy (non-hydrogen) atoms. The highest BCUT2D eigenvalue weighted by Gasteiger charge is 2.03. The standard InChI is InChI=1S/C10H8BrNO2/c1-7-2-4-8(5-3-7)14-10-12-9(11)6-13-10/h2-6H,1H3. The minimum Gasteiger partial charge on any atom is -0.416 e. The highest BCUT2D eigenvalue weighted by atomic mass is 79.9.